The summed E-state index contributed by atoms with van der Waals surface area (Å²) >= 11 is 0. The van der Waals surface area contributed by atoms with Crippen molar-refractivity contribution in [2.45, 2.75) is 5.54 Å². The topological polar surface area (TPSA) is 79.9 Å². The summed E-state index contributed by atoms with van der Waals surface area (Å²) in [4.78, 5) is 24.0. The molecule has 134 valence electrons. The van der Waals surface area contributed by atoms with Gasteiger partial charge in [0.2, 0.25) is 0 Å². The van der Waals surface area contributed by atoms with Gasteiger partial charge in [0.1, 0.15) is 17.6 Å². The molecule has 1 unspecified atom stereocenters. The lowest BCUT2D eigenvalue weighted by molar-refractivity contribution is -0.110. The average Bonchev–Trinajstić information content (AvgIpc) is 3.17. The van der Waals surface area contributed by atoms with Crippen LogP contribution in [0.2, 0.25) is 0 Å². The Kier molecular flexibility index (Phi) is 4.30. The zero-order chi connectivity index (χ0) is 18.7. The fourth-order valence-electron chi connectivity index (χ4n) is 3.28. The van der Waals surface area contributed by atoms with Gasteiger partial charge in [-0.2, -0.15) is 0 Å². The highest BCUT2D eigenvalue weighted by Gasteiger charge is 2.37. The fraction of sp³-hybridized carbons (Fsp3) is 0.0952. The van der Waals surface area contributed by atoms with Gasteiger partial charge in [0, 0.05) is 52.4 Å². The number of hydrogen-bond donors (Lipinski definition) is 2. The molecule has 0 aliphatic heterocycles. The highest BCUT2D eigenvalue weighted by Crippen LogP contribution is 2.36. The van der Waals surface area contributed by atoms with Gasteiger partial charge < -0.3 is 15.0 Å². The van der Waals surface area contributed by atoms with Crippen LogP contribution in [0.5, 0.6) is 5.75 Å². The summed E-state index contributed by atoms with van der Waals surface area (Å²) in [5.74, 6) is 0.697. The number of methoxy groups -OCH3 is 1. The molecule has 0 spiro atoms. The van der Waals surface area contributed by atoms with Crippen LogP contribution >= 0.6 is 0 Å². The van der Waals surface area contributed by atoms with E-state index in [0.717, 1.165) is 28.4 Å². The molecule has 0 aliphatic rings. The summed E-state index contributed by atoms with van der Waals surface area (Å²) in [5, 5.41) is 4.33. The number of H-pyrrole nitrogens is 1. The molecule has 4 aromatic rings. The van der Waals surface area contributed by atoms with E-state index in [1.54, 1.807) is 19.5 Å². The van der Waals surface area contributed by atoms with Crippen LogP contribution in [0, 0.1) is 0 Å². The Morgan fingerprint density at radius 3 is 2.70 bits per heavy atom. The molecule has 0 amide bonds. The highest BCUT2D eigenvalue weighted by molar-refractivity contribution is 5.92. The molecular formula is C21H18N4O2. The fourth-order valence-corrected chi connectivity index (χ4v) is 3.28. The molecule has 6 heteroatoms. The van der Waals surface area contributed by atoms with E-state index >= 15 is 0 Å². The lowest BCUT2D eigenvalue weighted by Crippen LogP contribution is -2.38. The minimum Gasteiger partial charge on any atom is -0.497 e. The number of carbonyl (C=O) groups is 1. The third kappa shape index (κ3) is 2.91. The van der Waals surface area contributed by atoms with Gasteiger partial charge in [0.05, 0.1) is 7.11 Å². The number of anilines is 1. The number of aromatic amines is 1. The van der Waals surface area contributed by atoms with Crippen LogP contribution in [0.1, 0.15) is 11.1 Å². The molecule has 2 aromatic carbocycles. The summed E-state index contributed by atoms with van der Waals surface area (Å²) in [5.41, 5.74) is 1.98. The third-order valence-electron chi connectivity index (χ3n) is 4.62. The Morgan fingerprint density at radius 2 is 1.93 bits per heavy atom. The second-order valence-corrected chi connectivity index (χ2v) is 6.16. The number of hydrogen-bond acceptors (Lipinski definition) is 5. The molecule has 0 bridgehead atoms. The van der Waals surface area contributed by atoms with Crippen LogP contribution < -0.4 is 10.1 Å². The van der Waals surface area contributed by atoms with Crippen molar-refractivity contribution in [2.24, 2.45) is 0 Å². The Hall–Kier alpha value is -3.67. The van der Waals surface area contributed by atoms with E-state index in [1.807, 2.05) is 54.7 Å². The number of nitrogens with one attached hydrogen (secondary N) is 2. The van der Waals surface area contributed by atoms with Crippen molar-refractivity contribution < 1.29 is 9.53 Å². The summed E-state index contributed by atoms with van der Waals surface area (Å²) in [6.07, 6.45) is 7.48. The molecule has 0 fully saturated rings. The Morgan fingerprint density at radius 1 is 1.11 bits per heavy atom. The van der Waals surface area contributed by atoms with E-state index in [9.17, 15) is 4.79 Å². The van der Waals surface area contributed by atoms with Gasteiger partial charge in [0.25, 0.3) is 0 Å². The summed E-state index contributed by atoms with van der Waals surface area (Å²) < 4.78 is 5.31. The number of aldehydes is 1. The SMILES string of the molecule is COc1cccc(NC(C=O)(c2cncnc2)c2c[nH]c3ccccc23)c1. The van der Waals surface area contributed by atoms with Crippen LogP contribution in [-0.4, -0.2) is 28.3 Å². The van der Waals surface area contributed by atoms with E-state index in [1.165, 1.54) is 6.33 Å². The number of ether oxygens (including phenoxy) is 1. The molecule has 2 heterocycles. The zero-order valence-corrected chi connectivity index (χ0v) is 14.7. The van der Waals surface area contributed by atoms with Gasteiger partial charge in [0.15, 0.2) is 6.29 Å². The monoisotopic (exact) mass is 358 g/mol. The van der Waals surface area contributed by atoms with Crippen LogP contribution in [-0.2, 0) is 10.3 Å². The first kappa shape index (κ1) is 16.8. The second kappa shape index (κ2) is 6.92. The van der Waals surface area contributed by atoms with Crippen molar-refractivity contribution in [1.82, 2.24) is 15.0 Å². The van der Waals surface area contributed by atoms with E-state index in [4.69, 9.17) is 4.74 Å². The Balaban J connectivity index is 1.93. The third-order valence-corrected chi connectivity index (χ3v) is 4.62. The molecule has 0 saturated heterocycles. The maximum absolute atomic E-state index is 12.6. The van der Waals surface area contributed by atoms with Crippen LogP contribution in [0.15, 0.2) is 73.4 Å². The summed E-state index contributed by atoms with van der Waals surface area (Å²) in [6.45, 7) is 0. The van der Waals surface area contributed by atoms with Gasteiger partial charge in [-0.1, -0.05) is 24.3 Å². The summed E-state index contributed by atoms with van der Waals surface area (Å²) in [6, 6.07) is 15.3. The van der Waals surface area contributed by atoms with Gasteiger partial charge in [-0.05, 0) is 18.2 Å². The average molecular weight is 358 g/mol. The van der Waals surface area contributed by atoms with Crippen LogP contribution in [0.3, 0.4) is 0 Å². The van der Waals surface area contributed by atoms with Gasteiger partial charge >= 0.3 is 0 Å². The predicted molar refractivity (Wildman–Crippen MR) is 104 cm³/mol. The van der Waals surface area contributed by atoms with Crippen molar-refractivity contribution in [3.05, 3.63) is 84.6 Å². The molecule has 1 atom stereocenters. The molecule has 0 saturated carbocycles. The molecule has 4 rings (SSSR count). The molecule has 27 heavy (non-hydrogen) atoms. The smallest absolute Gasteiger partial charge is 0.154 e. The summed E-state index contributed by atoms with van der Waals surface area (Å²) in [7, 11) is 1.61. The van der Waals surface area contributed by atoms with Crippen molar-refractivity contribution in [2.75, 3.05) is 12.4 Å². The molecule has 6 nitrogen and oxygen atoms in total. The first-order valence-electron chi connectivity index (χ1n) is 8.47. The number of rotatable bonds is 6. The van der Waals surface area contributed by atoms with Gasteiger partial charge in [-0.15, -0.1) is 0 Å². The number of fused-ring (bicyclic) bond motifs is 1. The van der Waals surface area contributed by atoms with Crippen LogP contribution in [0.25, 0.3) is 10.9 Å². The molecule has 2 N–H and O–H groups in total. The number of aromatic nitrogens is 3. The number of carbonyl (C=O) groups excluding carboxylic acids is 1. The van der Waals surface area contributed by atoms with Crippen molar-refractivity contribution in [3.63, 3.8) is 0 Å². The lowest BCUT2D eigenvalue weighted by Gasteiger charge is -2.30. The predicted octanol–water partition coefficient (Wildman–Crippen LogP) is 3.52. The van der Waals surface area contributed by atoms with E-state index in [-0.39, 0.29) is 0 Å². The number of para-hydroxylation sites is 1. The molecule has 2 aromatic heterocycles. The minimum atomic E-state index is -1.16. The normalized spacial score (nSPS) is 13.1. The minimum absolute atomic E-state index is 0.646. The van der Waals surface area contributed by atoms with Crippen molar-refractivity contribution in [1.29, 1.82) is 0 Å². The first-order chi connectivity index (χ1) is 13.3. The zero-order valence-electron chi connectivity index (χ0n) is 14.7. The number of nitrogens with zero attached hydrogens (tertiary/aromatic N) is 2. The maximum atomic E-state index is 12.6. The van der Waals surface area contributed by atoms with Gasteiger partial charge in [-0.25, -0.2) is 9.97 Å². The maximum Gasteiger partial charge on any atom is 0.154 e. The van der Waals surface area contributed by atoms with Gasteiger partial charge in [-0.3, -0.25) is 4.79 Å². The highest BCUT2D eigenvalue weighted by atomic mass is 16.5. The lowest BCUT2D eigenvalue weighted by atomic mass is 9.85. The van der Waals surface area contributed by atoms with E-state index < -0.39 is 5.54 Å². The van der Waals surface area contributed by atoms with Crippen molar-refractivity contribution in [3.8, 4) is 5.75 Å². The van der Waals surface area contributed by atoms with E-state index in [0.29, 0.717) is 11.3 Å². The van der Waals surface area contributed by atoms with Crippen LogP contribution in [0.4, 0.5) is 5.69 Å². The Bertz CT molecular complexity index is 1080. The number of benzene rings is 2. The van der Waals surface area contributed by atoms with E-state index in [2.05, 4.69) is 20.3 Å². The standard InChI is InChI=1S/C21H18N4O2/c1-27-17-6-4-5-16(9-17)25-21(13-26,15-10-22-14-23-11-15)19-12-24-20-8-3-2-7-18(19)20/h2-14,24-25H,1H3. The quantitative estimate of drug-likeness (QED) is 0.516. The molecular weight excluding hydrogens is 340 g/mol. The second-order valence-electron chi connectivity index (χ2n) is 6.16. The first-order valence-corrected chi connectivity index (χ1v) is 8.47. The van der Waals surface area contributed by atoms with Crippen molar-refractivity contribution >= 4 is 22.9 Å². The molecule has 0 aliphatic carbocycles. The Labute approximate surface area is 156 Å². The molecule has 0 radical (unpaired) electrons. The largest absolute Gasteiger partial charge is 0.497 e.